The van der Waals surface area contributed by atoms with Gasteiger partial charge >= 0.3 is 0 Å². The molecule has 0 radical (unpaired) electrons. The lowest BCUT2D eigenvalue weighted by Crippen LogP contribution is -2.27. The van der Waals surface area contributed by atoms with Crippen LogP contribution in [0.2, 0.25) is 0 Å². The molecule has 152 valence electrons. The van der Waals surface area contributed by atoms with Crippen molar-refractivity contribution in [3.8, 4) is 28.6 Å². The number of hydrogen-bond donors (Lipinski definition) is 1. The van der Waals surface area contributed by atoms with Gasteiger partial charge in [0.2, 0.25) is 0 Å². The summed E-state index contributed by atoms with van der Waals surface area (Å²) in [5.41, 5.74) is 5.00. The summed E-state index contributed by atoms with van der Waals surface area (Å²) >= 11 is 0. The third kappa shape index (κ3) is 2.08. The maximum Gasteiger partial charge on any atom is 0.196 e. The quantitative estimate of drug-likeness (QED) is 0.524. The van der Waals surface area contributed by atoms with Crippen molar-refractivity contribution >= 4 is 11.0 Å². The summed E-state index contributed by atoms with van der Waals surface area (Å²) in [6.45, 7) is 13.8. The van der Waals surface area contributed by atoms with Crippen LogP contribution in [-0.2, 0) is 0 Å². The molecule has 1 N–H and O–H groups in total. The third-order valence-corrected chi connectivity index (χ3v) is 7.19. The highest BCUT2D eigenvalue weighted by atomic mass is 16.5. The second-order valence-electron chi connectivity index (χ2n) is 8.77. The van der Waals surface area contributed by atoms with Gasteiger partial charge < -0.3 is 19.0 Å². The largest absolute Gasteiger partial charge is 0.507 e. The van der Waals surface area contributed by atoms with E-state index in [1.54, 1.807) is 0 Å². The molecule has 0 amide bonds. The summed E-state index contributed by atoms with van der Waals surface area (Å²) < 4.78 is 18.9. The molecule has 0 aromatic heterocycles. The summed E-state index contributed by atoms with van der Waals surface area (Å²) in [6.07, 6.45) is -0.178. The number of phenolic OH excluding ortho intramolecular Hbond substituents is 1. The van der Waals surface area contributed by atoms with Crippen molar-refractivity contribution in [3.63, 3.8) is 0 Å². The second kappa shape index (κ2) is 5.68. The zero-order valence-electron chi connectivity index (χ0n) is 17.9. The molecular weight excluding hydrogens is 368 g/mol. The van der Waals surface area contributed by atoms with Crippen molar-refractivity contribution < 1.29 is 19.0 Å². The Balaban J connectivity index is 2.06. The molecule has 1 aromatic rings. The highest BCUT2D eigenvalue weighted by Crippen LogP contribution is 2.55. The topological polar surface area (TPSA) is 68.9 Å². The van der Waals surface area contributed by atoms with E-state index in [4.69, 9.17) is 13.9 Å². The van der Waals surface area contributed by atoms with Crippen molar-refractivity contribution in [1.82, 2.24) is 0 Å². The van der Waals surface area contributed by atoms with Crippen LogP contribution >= 0.6 is 0 Å². The van der Waals surface area contributed by atoms with E-state index in [2.05, 4.69) is 13.8 Å². The van der Waals surface area contributed by atoms with Crippen molar-refractivity contribution in [2.24, 2.45) is 0 Å². The zero-order valence-corrected chi connectivity index (χ0v) is 17.9. The Morgan fingerprint density at radius 3 is 2.03 bits per heavy atom. The molecule has 0 bridgehead atoms. The van der Waals surface area contributed by atoms with E-state index in [1.165, 1.54) is 0 Å². The number of fused-ring (bicyclic) bond motifs is 4. The molecule has 0 saturated carbocycles. The third-order valence-electron chi connectivity index (χ3n) is 7.19. The number of aromatic hydroxyl groups is 1. The molecule has 3 heterocycles. The number of ether oxygens (including phenoxy) is 2. The van der Waals surface area contributed by atoms with Gasteiger partial charge in [-0.05, 0) is 45.7 Å². The van der Waals surface area contributed by atoms with E-state index < -0.39 is 0 Å². The van der Waals surface area contributed by atoms with Gasteiger partial charge in [-0.3, -0.25) is 4.79 Å². The lowest BCUT2D eigenvalue weighted by molar-refractivity contribution is 0.189. The molecule has 5 nitrogen and oxygen atoms in total. The molecule has 5 rings (SSSR count). The van der Waals surface area contributed by atoms with E-state index in [-0.39, 0.29) is 35.2 Å². The van der Waals surface area contributed by atoms with Crippen LogP contribution in [-0.4, -0.2) is 17.3 Å². The van der Waals surface area contributed by atoms with Crippen molar-refractivity contribution in [2.75, 3.05) is 0 Å². The molecule has 1 aromatic carbocycles. The molecule has 5 heteroatoms. The van der Waals surface area contributed by atoms with Crippen LogP contribution in [0.3, 0.4) is 0 Å². The molecule has 0 fully saturated rings. The second-order valence-corrected chi connectivity index (χ2v) is 8.77. The highest BCUT2D eigenvalue weighted by Gasteiger charge is 2.41. The molecular formula is C24H26O5. The van der Waals surface area contributed by atoms with Gasteiger partial charge in [0.1, 0.15) is 34.9 Å². The van der Waals surface area contributed by atoms with E-state index in [0.717, 1.165) is 22.1 Å². The lowest BCUT2D eigenvalue weighted by Gasteiger charge is -2.33. The normalized spacial score (nSPS) is 25.2. The van der Waals surface area contributed by atoms with Crippen LogP contribution in [0.15, 0.2) is 9.21 Å². The average Bonchev–Trinajstić information content (AvgIpc) is 2.98. The fourth-order valence-electron chi connectivity index (χ4n) is 5.11. The van der Waals surface area contributed by atoms with E-state index in [1.807, 2.05) is 34.6 Å². The first kappa shape index (κ1) is 18.3. The molecule has 0 spiro atoms. The molecule has 4 aliphatic rings. The summed E-state index contributed by atoms with van der Waals surface area (Å²) in [5, 5.41) is 11.6. The molecule has 4 atom stereocenters. The zero-order chi connectivity index (χ0) is 20.9. The van der Waals surface area contributed by atoms with Gasteiger partial charge in [0, 0.05) is 28.5 Å². The van der Waals surface area contributed by atoms with E-state index in [9.17, 15) is 9.90 Å². The van der Waals surface area contributed by atoms with Crippen LogP contribution in [0.4, 0.5) is 0 Å². The van der Waals surface area contributed by atoms with Crippen molar-refractivity contribution in [2.45, 2.75) is 72.5 Å². The molecule has 29 heavy (non-hydrogen) atoms. The predicted molar refractivity (Wildman–Crippen MR) is 112 cm³/mol. The number of aryl methyl sites for hydroxylation is 1. The molecule has 3 aliphatic heterocycles. The monoisotopic (exact) mass is 394 g/mol. The average molecular weight is 394 g/mol. The van der Waals surface area contributed by atoms with Gasteiger partial charge in [0.15, 0.2) is 16.9 Å². The highest BCUT2D eigenvalue weighted by molar-refractivity contribution is 6.00. The lowest BCUT2D eigenvalue weighted by atomic mass is 9.83. The minimum atomic E-state index is -0.135. The Labute approximate surface area is 169 Å². The Bertz CT molecular complexity index is 1240. The van der Waals surface area contributed by atoms with Gasteiger partial charge in [-0.1, -0.05) is 13.8 Å². The molecule has 1 aliphatic carbocycles. The fourth-order valence-corrected chi connectivity index (χ4v) is 5.11. The van der Waals surface area contributed by atoms with E-state index in [0.29, 0.717) is 39.5 Å². The van der Waals surface area contributed by atoms with Crippen LogP contribution < -0.4 is 14.9 Å². The van der Waals surface area contributed by atoms with Crippen molar-refractivity contribution in [1.29, 1.82) is 0 Å². The molecule has 4 unspecified atom stereocenters. The maximum atomic E-state index is 13.5. The van der Waals surface area contributed by atoms with E-state index >= 15 is 0 Å². The predicted octanol–water partition coefficient (Wildman–Crippen LogP) is 5.30. The maximum absolute atomic E-state index is 13.5. The van der Waals surface area contributed by atoms with Gasteiger partial charge in [-0.2, -0.15) is 0 Å². The minimum absolute atomic E-state index is 0.0427. The Kier molecular flexibility index (Phi) is 3.59. The first-order chi connectivity index (χ1) is 13.6. The summed E-state index contributed by atoms with van der Waals surface area (Å²) in [5.74, 6) is 2.01. The van der Waals surface area contributed by atoms with Crippen molar-refractivity contribution in [3.05, 3.63) is 38.0 Å². The summed E-state index contributed by atoms with van der Waals surface area (Å²) in [7, 11) is 0. The van der Waals surface area contributed by atoms with Crippen LogP contribution in [0.25, 0.3) is 22.3 Å². The Morgan fingerprint density at radius 1 is 0.793 bits per heavy atom. The van der Waals surface area contributed by atoms with Gasteiger partial charge in [0.05, 0.1) is 5.39 Å². The summed E-state index contributed by atoms with van der Waals surface area (Å²) in [6, 6.07) is 0. The summed E-state index contributed by atoms with van der Waals surface area (Å²) in [4.78, 5) is 13.5. The Hall–Kier alpha value is -2.69. The number of hydrogen-bond acceptors (Lipinski definition) is 5. The van der Waals surface area contributed by atoms with Gasteiger partial charge in [-0.15, -0.1) is 0 Å². The SMILES string of the molecule is Cc1c(O)c(C)c2oc3c4c(c(C)c(=O)c-3c3c2c1C(C)C(C)O3)C(C)C(C)O4. The van der Waals surface area contributed by atoms with Crippen LogP contribution in [0.5, 0.6) is 17.2 Å². The van der Waals surface area contributed by atoms with Gasteiger partial charge in [-0.25, -0.2) is 0 Å². The number of rotatable bonds is 0. The first-order valence-electron chi connectivity index (χ1n) is 10.3. The smallest absolute Gasteiger partial charge is 0.196 e. The van der Waals surface area contributed by atoms with Crippen LogP contribution in [0.1, 0.15) is 67.3 Å². The van der Waals surface area contributed by atoms with Gasteiger partial charge in [0.25, 0.3) is 0 Å². The standard InChI is InChI=1S/C24H26O5/c1-8-13(6)27-22-17-15(8)10(3)19(25)12(5)21(17)29-24-18(22)20(26)11(4)16-9(2)14(7)28-23(16)24/h8-9,13-14,25H,1-7H3. The Morgan fingerprint density at radius 2 is 1.38 bits per heavy atom. The number of benzene rings is 2. The minimum Gasteiger partial charge on any atom is -0.507 e. The van der Waals surface area contributed by atoms with Crippen LogP contribution in [0, 0.1) is 20.8 Å². The first-order valence-corrected chi connectivity index (χ1v) is 10.3. The molecule has 0 saturated heterocycles. The fraction of sp³-hybridized carbons (Fsp3) is 0.458. The number of phenols is 1.